The van der Waals surface area contributed by atoms with Gasteiger partial charge in [0.2, 0.25) is 6.29 Å². The van der Waals surface area contributed by atoms with Gasteiger partial charge in [0.15, 0.2) is 0 Å². The molecule has 0 saturated carbocycles. The van der Waals surface area contributed by atoms with E-state index in [0.717, 1.165) is 22.6 Å². The number of fused-ring (bicyclic) bond motifs is 5. The summed E-state index contributed by atoms with van der Waals surface area (Å²) in [5, 5.41) is 39.4. The second-order valence-electron chi connectivity index (χ2n) is 7.87. The second-order valence-corrected chi connectivity index (χ2v) is 7.87. The van der Waals surface area contributed by atoms with E-state index in [4.69, 9.17) is 23.7 Å². The third kappa shape index (κ3) is 3.38. The molecule has 7 atom stereocenters. The standard InChI is InChI=1S/C22H24O9/c1-27-10-2-4-12-14-9-28-15-7-11(3-5-13(15)21(14)30-16(12)6-10)29-22-20(26)19(25)18(24)17(8-23)31-22/h2-7,14,17-26H,8-9H2,1H3/t14-,17+,18+,19-,20+,21-,22-/m0/s1. The van der Waals surface area contributed by atoms with Crippen molar-refractivity contribution in [3.63, 3.8) is 0 Å². The first kappa shape index (κ1) is 20.3. The zero-order valence-corrected chi connectivity index (χ0v) is 16.7. The Balaban J connectivity index is 1.36. The third-order valence-electron chi connectivity index (χ3n) is 6.05. The van der Waals surface area contributed by atoms with Gasteiger partial charge in [0.25, 0.3) is 0 Å². The van der Waals surface area contributed by atoms with E-state index < -0.39 is 37.3 Å². The first-order valence-electron chi connectivity index (χ1n) is 10.1. The average molecular weight is 432 g/mol. The molecule has 3 aliphatic heterocycles. The number of methoxy groups -OCH3 is 1. The molecule has 0 bridgehead atoms. The van der Waals surface area contributed by atoms with Gasteiger partial charge >= 0.3 is 0 Å². The van der Waals surface area contributed by atoms with Crippen LogP contribution in [0.4, 0.5) is 0 Å². The number of benzene rings is 2. The predicted octanol–water partition coefficient (Wildman–Crippen LogP) is 0.484. The van der Waals surface area contributed by atoms with Gasteiger partial charge in [-0.25, -0.2) is 0 Å². The number of rotatable bonds is 4. The molecule has 0 aliphatic carbocycles. The Morgan fingerprint density at radius 3 is 2.45 bits per heavy atom. The van der Waals surface area contributed by atoms with Crippen molar-refractivity contribution in [3.05, 3.63) is 47.5 Å². The van der Waals surface area contributed by atoms with E-state index in [9.17, 15) is 20.4 Å². The molecule has 2 aromatic carbocycles. The van der Waals surface area contributed by atoms with Gasteiger partial charge in [0.1, 0.15) is 53.5 Å². The van der Waals surface area contributed by atoms with Crippen molar-refractivity contribution in [1.82, 2.24) is 0 Å². The number of hydrogen-bond acceptors (Lipinski definition) is 9. The Kier molecular flexibility index (Phi) is 5.15. The lowest BCUT2D eigenvalue weighted by molar-refractivity contribution is -0.277. The van der Waals surface area contributed by atoms with Crippen LogP contribution in [0.25, 0.3) is 0 Å². The summed E-state index contributed by atoms with van der Waals surface area (Å²) in [5.41, 5.74) is 1.94. The highest BCUT2D eigenvalue weighted by atomic mass is 16.7. The molecular formula is C22H24O9. The third-order valence-corrected chi connectivity index (χ3v) is 6.05. The first-order chi connectivity index (χ1) is 15.0. The van der Waals surface area contributed by atoms with Crippen molar-refractivity contribution in [2.75, 3.05) is 20.3 Å². The fraction of sp³-hybridized carbons (Fsp3) is 0.455. The molecule has 31 heavy (non-hydrogen) atoms. The minimum absolute atomic E-state index is 0.0608. The van der Waals surface area contributed by atoms with Crippen LogP contribution < -0.4 is 18.9 Å². The van der Waals surface area contributed by atoms with Crippen LogP contribution in [0.1, 0.15) is 23.1 Å². The largest absolute Gasteiger partial charge is 0.497 e. The molecule has 1 fully saturated rings. The zero-order valence-electron chi connectivity index (χ0n) is 16.7. The molecule has 9 nitrogen and oxygen atoms in total. The Labute approximate surface area is 178 Å². The minimum atomic E-state index is -1.51. The van der Waals surface area contributed by atoms with Gasteiger partial charge in [0, 0.05) is 23.3 Å². The fourth-order valence-electron chi connectivity index (χ4n) is 4.32. The molecule has 9 heteroatoms. The number of aliphatic hydroxyl groups is 4. The summed E-state index contributed by atoms with van der Waals surface area (Å²) in [4.78, 5) is 0. The maximum Gasteiger partial charge on any atom is 0.229 e. The molecule has 3 aliphatic rings. The molecule has 2 aromatic rings. The van der Waals surface area contributed by atoms with Gasteiger partial charge in [0.05, 0.1) is 26.2 Å². The Morgan fingerprint density at radius 1 is 0.935 bits per heavy atom. The molecule has 0 spiro atoms. The van der Waals surface area contributed by atoms with E-state index in [2.05, 4.69) is 0 Å². The summed E-state index contributed by atoms with van der Waals surface area (Å²) in [6.45, 7) is -0.0929. The van der Waals surface area contributed by atoms with Crippen LogP contribution in [0, 0.1) is 0 Å². The lowest BCUT2D eigenvalue weighted by atomic mass is 9.89. The van der Waals surface area contributed by atoms with Gasteiger partial charge in [-0.05, 0) is 18.2 Å². The molecule has 5 rings (SSSR count). The second kappa shape index (κ2) is 7.85. The van der Waals surface area contributed by atoms with Crippen LogP contribution in [0.3, 0.4) is 0 Å². The molecule has 4 N–H and O–H groups in total. The molecular weight excluding hydrogens is 408 g/mol. The minimum Gasteiger partial charge on any atom is -0.497 e. The van der Waals surface area contributed by atoms with E-state index in [1.807, 2.05) is 24.3 Å². The Bertz CT molecular complexity index is 962. The highest BCUT2D eigenvalue weighted by molar-refractivity contribution is 5.52. The smallest absolute Gasteiger partial charge is 0.229 e. The highest BCUT2D eigenvalue weighted by Crippen LogP contribution is 2.52. The fourth-order valence-corrected chi connectivity index (χ4v) is 4.32. The first-order valence-corrected chi connectivity index (χ1v) is 10.1. The van der Waals surface area contributed by atoms with Crippen LogP contribution in [0.2, 0.25) is 0 Å². The topological polar surface area (TPSA) is 127 Å². The van der Waals surface area contributed by atoms with Gasteiger partial charge in [-0.15, -0.1) is 0 Å². The monoisotopic (exact) mass is 432 g/mol. The van der Waals surface area contributed by atoms with Crippen LogP contribution >= 0.6 is 0 Å². The predicted molar refractivity (Wildman–Crippen MR) is 105 cm³/mol. The van der Waals surface area contributed by atoms with Crippen LogP contribution in [-0.4, -0.2) is 71.5 Å². The number of hydrogen-bond donors (Lipinski definition) is 4. The van der Waals surface area contributed by atoms with E-state index in [-0.39, 0.29) is 12.0 Å². The van der Waals surface area contributed by atoms with Crippen molar-refractivity contribution in [1.29, 1.82) is 0 Å². The van der Waals surface area contributed by atoms with Crippen molar-refractivity contribution >= 4 is 0 Å². The normalized spacial score (nSPS) is 33.4. The van der Waals surface area contributed by atoms with Crippen LogP contribution in [0.15, 0.2) is 36.4 Å². The van der Waals surface area contributed by atoms with E-state index in [1.54, 1.807) is 19.2 Å². The van der Waals surface area contributed by atoms with Gasteiger partial charge in [-0.3, -0.25) is 0 Å². The maximum atomic E-state index is 10.2. The number of aliphatic hydroxyl groups excluding tert-OH is 4. The zero-order chi connectivity index (χ0) is 21.7. The number of ether oxygens (including phenoxy) is 5. The quantitative estimate of drug-likeness (QED) is 0.546. The lowest BCUT2D eigenvalue weighted by Gasteiger charge is -2.39. The highest BCUT2D eigenvalue weighted by Gasteiger charge is 2.45. The SMILES string of the molecule is COc1ccc2c(c1)O[C@H]1c3ccc(O[C@H]4O[C@H](CO)[C@@H](O)[C@H](O)[C@H]4O)cc3OC[C@@H]21. The summed E-state index contributed by atoms with van der Waals surface area (Å²) >= 11 is 0. The van der Waals surface area contributed by atoms with Crippen molar-refractivity contribution in [2.24, 2.45) is 0 Å². The van der Waals surface area contributed by atoms with Crippen molar-refractivity contribution in [3.8, 4) is 23.0 Å². The summed E-state index contributed by atoms with van der Waals surface area (Å²) in [7, 11) is 1.61. The summed E-state index contributed by atoms with van der Waals surface area (Å²) in [6, 6.07) is 10.9. The Hall–Kier alpha value is -2.56. The molecule has 0 amide bonds. The van der Waals surface area contributed by atoms with E-state index >= 15 is 0 Å². The summed E-state index contributed by atoms with van der Waals surface area (Å²) in [5.74, 6) is 2.49. The molecule has 1 saturated heterocycles. The summed E-state index contributed by atoms with van der Waals surface area (Å²) in [6.07, 6.45) is -6.94. The molecule has 0 radical (unpaired) electrons. The summed E-state index contributed by atoms with van der Waals surface area (Å²) < 4.78 is 28.5. The van der Waals surface area contributed by atoms with Crippen LogP contribution in [0.5, 0.6) is 23.0 Å². The molecule has 0 unspecified atom stereocenters. The van der Waals surface area contributed by atoms with Crippen molar-refractivity contribution < 1.29 is 44.1 Å². The molecule has 166 valence electrons. The average Bonchev–Trinajstić information content (AvgIpc) is 3.17. The van der Waals surface area contributed by atoms with Crippen LogP contribution in [-0.2, 0) is 4.74 Å². The van der Waals surface area contributed by atoms with E-state index in [0.29, 0.717) is 18.1 Å². The van der Waals surface area contributed by atoms with Gasteiger partial charge < -0.3 is 44.1 Å². The molecule has 0 aromatic heterocycles. The maximum absolute atomic E-state index is 10.2. The van der Waals surface area contributed by atoms with Gasteiger partial charge in [-0.1, -0.05) is 6.07 Å². The van der Waals surface area contributed by atoms with Crippen molar-refractivity contribution in [2.45, 2.75) is 42.7 Å². The van der Waals surface area contributed by atoms with E-state index in [1.165, 1.54) is 0 Å². The Morgan fingerprint density at radius 2 is 1.68 bits per heavy atom. The molecule has 3 heterocycles. The lowest BCUT2D eigenvalue weighted by Crippen LogP contribution is -2.60. The van der Waals surface area contributed by atoms with Gasteiger partial charge in [-0.2, -0.15) is 0 Å².